The first kappa shape index (κ1) is 18.2. The predicted octanol–water partition coefficient (Wildman–Crippen LogP) is 1.52. The Morgan fingerprint density at radius 3 is 2.48 bits per heavy atom. The Bertz CT molecular complexity index is 501. The summed E-state index contributed by atoms with van der Waals surface area (Å²) in [5.41, 5.74) is 0.705. The maximum Gasteiger partial charge on any atom is 0.223 e. The molecular weight excluding hydrogens is 314 g/mol. The summed E-state index contributed by atoms with van der Waals surface area (Å²) < 4.78 is 0. The van der Waals surface area contributed by atoms with Crippen molar-refractivity contribution < 1.29 is 9.90 Å². The van der Waals surface area contributed by atoms with Crippen LogP contribution in [-0.2, 0) is 4.79 Å². The zero-order chi connectivity index (χ0) is 16.8. The summed E-state index contributed by atoms with van der Waals surface area (Å²) in [6.45, 7) is 6.92. The minimum atomic E-state index is -0.800. The number of aliphatic hydroxyl groups excluding tert-OH is 1. The predicted molar refractivity (Wildman–Crippen MR) is 92.6 cm³/mol. The highest BCUT2D eigenvalue weighted by molar-refractivity contribution is 6.30. The molecule has 5 nitrogen and oxygen atoms in total. The van der Waals surface area contributed by atoms with Gasteiger partial charge in [0.15, 0.2) is 0 Å². The van der Waals surface area contributed by atoms with E-state index in [1.165, 1.54) is 0 Å². The van der Waals surface area contributed by atoms with E-state index in [-0.39, 0.29) is 12.3 Å². The van der Waals surface area contributed by atoms with E-state index in [9.17, 15) is 9.90 Å². The minimum Gasteiger partial charge on any atom is -0.388 e. The molecule has 1 aromatic rings. The van der Waals surface area contributed by atoms with Crippen LogP contribution in [0.2, 0.25) is 5.02 Å². The number of likely N-dealkylation sites (N-methyl/N-ethyl adjacent to an activating group) is 1. The lowest BCUT2D eigenvalue weighted by Crippen LogP contribution is -2.51. The second-order valence-corrected chi connectivity index (χ2v) is 6.70. The highest BCUT2D eigenvalue weighted by atomic mass is 35.5. The van der Waals surface area contributed by atoms with Crippen LogP contribution in [0.5, 0.6) is 0 Å². The SMILES string of the molecule is CC(CNC(=O)CC(O)c1ccc(Cl)cc1)N1CCN(C)CC1. The van der Waals surface area contributed by atoms with Gasteiger partial charge in [0.1, 0.15) is 0 Å². The van der Waals surface area contributed by atoms with E-state index in [1.54, 1.807) is 24.3 Å². The van der Waals surface area contributed by atoms with Crippen molar-refractivity contribution in [1.82, 2.24) is 15.1 Å². The second kappa shape index (κ2) is 8.64. The number of piperazine rings is 1. The topological polar surface area (TPSA) is 55.8 Å². The Morgan fingerprint density at radius 1 is 1.26 bits per heavy atom. The van der Waals surface area contributed by atoms with E-state index in [0.29, 0.717) is 23.2 Å². The van der Waals surface area contributed by atoms with Gasteiger partial charge in [-0.25, -0.2) is 0 Å². The highest BCUT2D eigenvalue weighted by Crippen LogP contribution is 2.19. The molecule has 0 radical (unpaired) electrons. The number of rotatable bonds is 6. The fraction of sp³-hybridized carbons (Fsp3) is 0.588. The lowest BCUT2D eigenvalue weighted by Gasteiger charge is -2.36. The van der Waals surface area contributed by atoms with Gasteiger partial charge < -0.3 is 15.3 Å². The lowest BCUT2D eigenvalue weighted by atomic mass is 10.1. The number of carbonyl (C=O) groups is 1. The molecule has 23 heavy (non-hydrogen) atoms. The molecule has 0 spiro atoms. The van der Waals surface area contributed by atoms with Crippen LogP contribution in [0.25, 0.3) is 0 Å². The molecule has 2 N–H and O–H groups in total. The van der Waals surface area contributed by atoms with Crippen LogP contribution < -0.4 is 5.32 Å². The lowest BCUT2D eigenvalue weighted by molar-refractivity contribution is -0.123. The molecule has 6 heteroatoms. The molecule has 1 fully saturated rings. The van der Waals surface area contributed by atoms with Crippen LogP contribution in [0.4, 0.5) is 0 Å². The standard InChI is InChI=1S/C17H26ClN3O2/c1-13(21-9-7-20(2)8-10-21)12-19-17(23)11-16(22)14-3-5-15(18)6-4-14/h3-6,13,16,22H,7-12H2,1-2H3,(H,19,23). The van der Waals surface area contributed by atoms with Gasteiger partial charge >= 0.3 is 0 Å². The molecule has 1 aliphatic heterocycles. The molecule has 2 rings (SSSR count). The van der Waals surface area contributed by atoms with Crippen LogP contribution in [0, 0.1) is 0 Å². The number of halogens is 1. The first-order chi connectivity index (χ1) is 11.0. The van der Waals surface area contributed by atoms with Gasteiger partial charge in [0.2, 0.25) is 5.91 Å². The molecule has 1 amide bonds. The third-order valence-electron chi connectivity index (χ3n) is 4.39. The van der Waals surface area contributed by atoms with Gasteiger partial charge in [-0.1, -0.05) is 23.7 Å². The summed E-state index contributed by atoms with van der Waals surface area (Å²) in [5.74, 6) is -0.131. The van der Waals surface area contributed by atoms with Crippen molar-refractivity contribution in [2.75, 3.05) is 39.8 Å². The number of hydrogen-bond donors (Lipinski definition) is 2. The first-order valence-electron chi connectivity index (χ1n) is 8.08. The summed E-state index contributed by atoms with van der Waals surface area (Å²) >= 11 is 5.82. The Hall–Kier alpha value is -1.14. The van der Waals surface area contributed by atoms with Crippen LogP contribution in [-0.4, -0.2) is 66.6 Å². The maximum atomic E-state index is 12.0. The molecule has 128 valence electrons. The summed E-state index contributed by atoms with van der Waals surface area (Å²) in [6.07, 6.45) is -0.733. The molecule has 0 aromatic heterocycles. The third-order valence-corrected chi connectivity index (χ3v) is 4.64. The molecule has 1 aliphatic rings. The quantitative estimate of drug-likeness (QED) is 0.825. The van der Waals surface area contributed by atoms with Gasteiger partial charge in [-0.2, -0.15) is 0 Å². The van der Waals surface area contributed by atoms with Crippen molar-refractivity contribution in [2.45, 2.75) is 25.5 Å². The van der Waals surface area contributed by atoms with E-state index in [2.05, 4.69) is 29.1 Å². The van der Waals surface area contributed by atoms with Gasteiger partial charge in [0.25, 0.3) is 0 Å². The summed E-state index contributed by atoms with van der Waals surface area (Å²) in [4.78, 5) is 16.7. The number of nitrogens with zero attached hydrogens (tertiary/aromatic N) is 2. The highest BCUT2D eigenvalue weighted by Gasteiger charge is 2.20. The normalized spacial score (nSPS) is 19.3. The van der Waals surface area contributed by atoms with Gasteiger partial charge in [0, 0.05) is 43.8 Å². The Labute approximate surface area is 143 Å². The minimum absolute atomic E-state index is 0.0666. The van der Waals surface area contributed by atoms with Gasteiger partial charge in [-0.05, 0) is 31.7 Å². The number of hydrogen-bond acceptors (Lipinski definition) is 4. The van der Waals surface area contributed by atoms with Crippen molar-refractivity contribution in [3.8, 4) is 0 Å². The molecule has 1 aromatic carbocycles. The number of nitrogens with one attached hydrogen (secondary N) is 1. The first-order valence-corrected chi connectivity index (χ1v) is 8.46. The largest absolute Gasteiger partial charge is 0.388 e. The zero-order valence-electron chi connectivity index (χ0n) is 13.8. The van der Waals surface area contributed by atoms with E-state index >= 15 is 0 Å². The molecule has 1 saturated heterocycles. The fourth-order valence-electron chi connectivity index (χ4n) is 2.70. The second-order valence-electron chi connectivity index (χ2n) is 6.26. The number of carbonyl (C=O) groups excluding carboxylic acids is 1. The van der Waals surface area contributed by atoms with E-state index in [0.717, 1.165) is 26.2 Å². The maximum absolute atomic E-state index is 12.0. The van der Waals surface area contributed by atoms with Crippen molar-refractivity contribution in [1.29, 1.82) is 0 Å². The Kier molecular flexibility index (Phi) is 6.84. The molecular formula is C17H26ClN3O2. The van der Waals surface area contributed by atoms with E-state index in [4.69, 9.17) is 11.6 Å². The van der Waals surface area contributed by atoms with Crippen molar-refractivity contribution in [3.63, 3.8) is 0 Å². The molecule has 2 unspecified atom stereocenters. The Morgan fingerprint density at radius 2 is 1.87 bits per heavy atom. The monoisotopic (exact) mass is 339 g/mol. The van der Waals surface area contributed by atoms with Crippen LogP contribution in [0.3, 0.4) is 0 Å². The summed E-state index contributed by atoms with van der Waals surface area (Å²) in [7, 11) is 2.13. The molecule has 2 atom stereocenters. The molecule has 0 aliphatic carbocycles. The molecule has 0 bridgehead atoms. The fourth-order valence-corrected chi connectivity index (χ4v) is 2.83. The Balaban J connectivity index is 1.73. The molecule has 1 heterocycles. The van der Waals surface area contributed by atoms with Crippen molar-refractivity contribution >= 4 is 17.5 Å². The van der Waals surface area contributed by atoms with Crippen LogP contribution in [0.15, 0.2) is 24.3 Å². The number of amides is 1. The van der Waals surface area contributed by atoms with Gasteiger partial charge in [0.05, 0.1) is 12.5 Å². The molecule has 0 saturated carbocycles. The van der Waals surface area contributed by atoms with E-state index in [1.807, 2.05) is 0 Å². The average Bonchev–Trinajstić information content (AvgIpc) is 2.54. The zero-order valence-corrected chi connectivity index (χ0v) is 14.6. The summed E-state index contributed by atoms with van der Waals surface area (Å²) in [5, 5.41) is 13.6. The van der Waals surface area contributed by atoms with Crippen molar-refractivity contribution in [2.24, 2.45) is 0 Å². The third kappa shape index (κ3) is 5.77. The van der Waals surface area contributed by atoms with Crippen LogP contribution >= 0.6 is 11.6 Å². The average molecular weight is 340 g/mol. The number of benzene rings is 1. The van der Waals surface area contributed by atoms with Gasteiger partial charge in [-0.15, -0.1) is 0 Å². The van der Waals surface area contributed by atoms with E-state index < -0.39 is 6.10 Å². The van der Waals surface area contributed by atoms with Gasteiger partial charge in [-0.3, -0.25) is 9.69 Å². The van der Waals surface area contributed by atoms with Crippen molar-refractivity contribution in [3.05, 3.63) is 34.9 Å². The smallest absolute Gasteiger partial charge is 0.223 e. The summed E-state index contributed by atoms with van der Waals surface area (Å²) in [6, 6.07) is 7.22. The number of aliphatic hydroxyl groups is 1. The van der Waals surface area contributed by atoms with Crippen LogP contribution in [0.1, 0.15) is 25.0 Å².